The zero-order valence-corrected chi connectivity index (χ0v) is 9.92. The van der Waals surface area contributed by atoms with Crippen molar-refractivity contribution in [1.82, 2.24) is 9.97 Å². The van der Waals surface area contributed by atoms with Crippen LogP contribution in [0, 0.1) is 6.92 Å². The first-order valence-corrected chi connectivity index (χ1v) is 5.48. The molecule has 1 atom stereocenters. The van der Waals surface area contributed by atoms with Crippen LogP contribution in [0.1, 0.15) is 24.2 Å². The summed E-state index contributed by atoms with van der Waals surface area (Å²) in [6.45, 7) is 3.82. The van der Waals surface area contributed by atoms with Crippen LogP contribution in [0.15, 0.2) is 36.7 Å². The van der Waals surface area contributed by atoms with Gasteiger partial charge in [0.1, 0.15) is 0 Å². The van der Waals surface area contributed by atoms with Crippen molar-refractivity contribution in [3.05, 3.63) is 47.9 Å². The first-order valence-electron chi connectivity index (χ1n) is 5.48. The Kier molecular flexibility index (Phi) is 3.35. The van der Waals surface area contributed by atoms with Crippen LogP contribution in [0.5, 0.6) is 11.6 Å². The Balaban J connectivity index is 2.25. The molecule has 2 aromatic rings. The zero-order chi connectivity index (χ0) is 12.3. The van der Waals surface area contributed by atoms with Gasteiger partial charge in [-0.05, 0) is 37.6 Å². The number of nitrogens with zero attached hydrogens (tertiary/aromatic N) is 2. The fourth-order valence-corrected chi connectivity index (χ4v) is 1.45. The Labute approximate surface area is 100 Å². The molecule has 0 aliphatic heterocycles. The second-order valence-corrected chi connectivity index (χ2v) is 3.91. The molecule has 2 aromatic heterocycles. The molecule has 0 aliphatic carbocycles. The monoisotopic (exact) mass is 229 g/mol. The molecule has 17 heavy (non-hydrogen) atoms. The molecule has 0 fully saturated rings. The minimum absolute atomic E-state index is 0.0321. The number of hydrogen-bond donors (Lipinski definition) is 1. The summed E-state index contributed by atoms with van der Waals surface area (Å²) in [7, 11) is 0. The maximum absolute atomic E-state index is 5.81. The lowest BCUT2D eigenvalue weighted by Gasteiger charge is -2.09. The predicted octanol–water partition coefficient (Wildman–Crippen LogP) is 2.60. The normalized spacial score (nSPS) is 12.2. The summed E-state index contributed by atoms with van der Waals surface area (Å²) < 4.78 is 5.67. The Hall–Kier alpha value is -1.94. The van der Waals surface area contributed by atoms with Crippen molar-refractivity contribution in [1.29, 1.82) is 0 Å². The number of aromatic nitrogens is 2. The van der Waals surface area contributed by atoms with E-state index in [-0.39, 0.29) is 6.04 Å². The largest absolute Gasteiger partial charge is 0.437 e. The molecule has 88 valence electrons. The molecule has 0 aliphatic rings. The van der Waals surface area contributed by atoms with Crippen LogP contribution in [0.2, 0.25) is 0 Å². The van der Waals surface area contributed by atoms with Gasteiger partial charge in [-0.15, -0.1) is 0 Å². The molecule has 0 radical (unpaired) electrons. The van der Waals surface area contributed by atoms with Crippen LogP contribution >= 0.6 is 0 Å². The summed E-state index contributed by atoms with van der Waals surface area (Å²) in [6.07, 6.45) is 3.42. The van der Waals surface area contributed by atoms with Gasteiger partial charge in [0.2, 0.25) is 5.88 Å². The molecule has 0 bridgehead atoms. The number of pyridine rings is 2. The minimum Gasteiger partial charge on any atom is -0.437 e. The third kappa shape index (κ3) is 2.79. The summed E-state index contributed by atoms with van der Waals surface area (Å²) in [5.41, 5.74) is 7.64. The topological polar surface area (TPSA) is 61.0 Å². The SMILES string of the molecule is Cc1ncccc1Oc1cc([C@@H](C)N)ccn1. The molecule has 0 aromatic carbocycles. The van der Waals surface area contributed by atoms with E-state index >= 15 is 0 Å². The van der Waals surface area contributed by atoms with Crippen molar-refractivity contribution in [3.63, 3.8) is 0 Å². The first-order chi connectivity index (χ1) is 8.16. The van der Waals surface area contributed by atoms with Crippen LogP contribution in [0.4, 0.5) is 0 Å². The van der Waals surface area contributed by atoms with E-state index < -0.39 is 0 Å². The third-order valence-corrected chi connectivity index (χ3v) is 2.46. The van der Waals surface area contributed by atoms with Crippen molar-refractivity contribution in [2.75, 3.05) is 0 Å². The number of rotatable bonds is 3. The van der Waals surface area contributed by atoms with Crippen LogP contribution in [0.25, 0.3) is 0 Å². The molecule has 0 amide bonds. The smallest absolute Gasteiger partial charge is 0.219 e. The van der Waals surface area contributed by atoms with Crippen LogP contribution in [0.3, 0.4) is 0 Å². The lowest BCUT2D eigenvalue weighted by Crippen LogP contribution is -2.05. The maximum atomic E-state index is 5.81. The standard InChI is InChI=1S/C13H15N3O/c1-9(14)11-5-7-16-13(8-11)17-12-4-3-6-15-10(12)2/h3-9H,14H2,1-2H3/t9-/m1/s1. The van der Waals surface area contributed by atoms with Crippen molar-refractivity contribution in [2.45, 2.75) is 19.9 Å². The number of ether oxygens (including phenoxy) is 1. The fraction of sp³-hybridized carbons (Fsp3) is 0.231. The lowest BCUT2D eigenvalue weighted by molar-refractivity contribution is 0.455. The average Bonchev–Trinajstić information content (AvgIpc) is 2.32. The molecular formula is C13H15N3O. The van der Waals surface area contributed by atoms with Crippen LogP contribution in [-0.4, -0.2) is 9.97 Å². The molecule has 0 saturated carbocycles. The molecule has 0 spiro atoms. The molecule has 0 saturated heterocycles. The lowest BCUT2D eigenvalue weighted by atomic mass is 10.1. The third-order valence-electron chi connectivity index (χ3n) is 2.46. The fourth-order valence-electron chi connectivity index (χ4n) is 1.45. The molecule has 4 heteroatoms. The second kappa shape index (κ2) is 4.93. The number of aryl methyl sites for hydroxylation is 1. The highest BCUT2D eigenvalue weighted by atomic mass is 16.5. The Morgan fingerprint density at radius 2 is 2.06 bits per heavy atom. The Bertz CT molecular complexity index is 512. The molecule has 4 nitrogen and oxygen atoms in total. The Morgan fingerprint density at radius 1 is 1.24 bits per heavy atom. The van der Waals surface area contributed by atoms with Gasteiger partial charge in [-0.25, -0.2) is 4.98 Å². The quantitative estimate of drug-likeness (QED) is 0.878. The molecule has 0 unspecified atom stereocenters. The molecular weight excluding hydrogens is 214 g/mol. The van der Waals surface area contributed by atoms with Crippen molar-refractivity contribution in [2.24, 2.45) is 5.73 Å². The minimum atomic E-state index is -0.0321. The highest BCUT2D eigenvalue weighted by molar-refractivity contribution is 5.31. The van der Waals surface area contributed by atoms with Gasteiger partial charge in [0.05, 0.1) is 5.69 Å². The van der Waals surface area contributed by atoms with Crippen molar-refractivity contribution < 1.29 is 4.74 Å². The van der Waals surface area contributed by atoms with Crippen molar-refractivity contribution >= 4 is 0 Å². The van der Waals surface area contributed by atoms with Crippen LogP contribution in [-0.2, 0) is 0 Å². The highest BCUT2D eigenvalue weighted by Crippen LogP contribution is 2.23. The van der Waals surface area contributed by atoms with Gasteiger partial charge in [0.15, 0.2) is 5.75 Å². The summed E-state index contributed by atoms with van der Waals surface area (Å²) in [5.74, 6) is 1.25. The summed E-state index contributed by atoms with van der Waals surface area (Å²) in [6, 6.07) is 7.39. The van der Waals surface area contributed by atoms with E-state index in [0.29, 0.717) is 11.6 Å². The van der Waals surface area contributed by atoms with Crippen LogP contribution < -0.4 is 10.5 Å². The molecule has 2 heterocycles. The van der Waals surface area contributed by atoms with Gasteiger partial charge in [0.25, 0.3) is 0 Å². The highest BCUT2D eigenvalue weighted by Gasteiger charge is 2.05. The van der Waals surface area contributed by atoms with E-state index in [9.17, 15) is 0 Å². The first kappa shape index (κ1) is 11.5. The van der Waals surface area contributed by atoms with Gasteiger partial charge >= 0.3 is 0 Å². The predicted molar refractivity (Wildman–Crippen MR) is 65.9 cm³/mol. The Morgan fingerprint density at radius 3 is 2.76 bits per heavy atom. The number of nitrogens with two attached hydrogens (primary N) is 1. The summed E-state index contributed by atoms with van der Waals surface area (Å²) >= 11 is 0. The summed E-state index contributed by atoms with van der Waals surface area (Å²) in [4.78, 5) is 8.31. The van der Waals surface area contributed by atoms with E-state index in [1.807, 2.05) is 38.1 Å². The van der Waals surface area contributed by atoms with E-state index in [1.54, 1.807) is 12.4 Å². The second-order valence-electron chi connectivity index (χ2n) is 3.91. The van der Waals surface area contributed by atoms with E-state index in [2.05, 4.69) is 9.97 Å². The van der Waals surface area contributed by atoms with Gasteiger partial charge in [-0.3, -0.25) is 4.98 Å². The van der Waals surface area contributed by atoms with Gasteiger partial charge in [0, 0.05) is 24.5 Å². The number of hydrogen-bond acceptors (Lipinski definition) is 4. The van der Waals surface area contributed by atoms with Gasteiger partial charge in [-0.1, -0.05) is 0 Å². The zero-order valence-electron chi connectivity index (χ0n) is 9.92. The molecule has 2 rings (SSSR count). The van der Waals surface area contributed by atoms with E-state index in [1.165, 1.54) is 0 Å². The van der Waals surface area contributed by atoms with E-state index in [0.717, 1.165) is 11.3 Å². The maximum Gasteiger partial charge on any atom is 0.219 e. The van der Waals surface area contributed by atoms with Crippen molar-refractivity contribution in [3.8, 4) is 11.6 Å². The summed E-state index contributed by atoms with van der Waals surface area (Å²) in [5, 5.41) is 0. The van der Waals surface area contributed by atoms with E-state index in [4.69, 9.17) is 10.5 Å². The van der Waals surface area contributed by atoms with Gasteiger partial charge in [-0.2, -0.15) is 0 Å². The average molecular weight is 229 g/mol. The van der Waals surface area contributed by atoms with Gasteiger partial charge < -0.3 is 10.5 Å². The molecule has 2 N–H and O–H groups in total.